The number of phenolic OH excluding ortho intramolecular Hbond substituents is 1. The van der Waals surface area contributed by atoms with Gasteiger partial charge < -0.3 is 15.9 Å². The van der Waals surface area contributed by atoms with Gasteiger partial charge >= 0.3 is 5.97 Å². The van der Waals surface area contributed by atoms with Crippen molar-refractivity contribution in [1.29, 1.82) is 0 Å². The number of carbonyl (C=O) groups excluding carboxylic acids is 1. The number of amides is 1. The van der Waals surface area contributed by atoms with Crippen LogP contribution in [0.3, 0.4) is 0 Å². The lowest BCUT2D eigenvalue weighted by Gasteiger charge is -2.20. The third kappa shape index (κ3) is 2.31. The molecule has 5 nitrogen and oxygen atoms in total. The highest BCUT2D eigenvalue weighted by Gasteiger charge is 2.39. The van der Waals surface area contributed by atoms with Crippen LogP contribution in [-0.4, -0.2) is 22.1 Å². The van der Waals surface area contributed by atoms with E-state index >= 15 is 0 Å². The van der Waals surface area contributed by atoms with Crippen molar-refractivity contribution in [2.75, 3.05) is 0 Å². The van der Waals surface area contributed by atoms with Gasteiger partial charge in [0.05, 0.1) is 0 Å². The van der Waals surface area contributed by atoms with Crippen molar-refractivity contribution in [3.05, 3.63) is 29.8 Å². The molecule has 0 spiro atoms. The van der Waals surface area contributed by atoms with Gasteiger partial charge in [-0.1, -0.05) is 12.1 Å². The highest BCUT2D eigenvalue weighted by molar-refractivity contribution is 6.00. The molecular weight excluding hydrogens is 210 g/mol. The molecule has 5 heteroatoms. The van der Waals surface area contributed by atoms with Gasteiger partial charge in [0.1, 0.15) is 11.2 Å². The number of rotatable bonds is 4. The van der Waals surface area contributed by atoms with Crippen molar-refractivity contribution >= 4 is 11.9 Å². The van der Waals surface area contributed by atoms with Crippen LogP contribution < -0.4 is 5.73 Å². The van der Waals surface area contributed by atoms with Gasteiger partial charge in [-0.25, -0.2) is 0 Å². The molecule has 16 heavy (non-hydrogen) atoms. The molecule has 1 unspecified atom stereocenters. The third-order valence-corrected chi connectivity index (χ3v) is 2.48. The van der Waals surface area contributed by atoms with Crippen LogP contribution in [0.25, 0.3) is 0 Å². The van der Waals surface area contributed by atoms with E-state index in [-0.39, 0.29) is 12.2 Å². The predicted molar refractivity (Wildman–Crippen MR) is 56.7 cm³/mol. The first kappa shape index (κ1) is 12.0. The van der Waals surface area contributed by atoms with Crippen LogP contribution in [0, 0.1) is 5.41 Å². The molecule has 1 rings (SSSR count). The lowest BCUT2D eigenvalue weighted by molar-refractivity contribution is -0.153. The van der Waals surface area contributed by atoms with E-state index in [9.17, 15) is 14.7 Å². The highest BCUT2D eigenvalue weighted by Crippen LogP contribution is 2.24. The topological polar surface area (TPSA) is 101 Å². The number of benzene rings is 1. The molecule has 0 saturated carbocycles. The first-order valence-electron chi connectivity index (χ1n) is 4.67. The second-order valence-corrected chi connectivity index (χ2v) is 3.85. The summed E-state index contributed by atoms with van der Waals surface area (Å²) in [5, 5.41) is 18.2. The molecule has 0 aliphatic heterocycles. The average Bonchev–Trinajstić information content (AvgIpc) is 2.16. The molecule has 86 valence electrons. The molecule has 1 amide bonds. The molecule has 1 aromatic carbocycles. The Morgan fingerprint density at radius 1 is 1.44 bits per heavy atom. The summed E-state index contributed by atoms with van der Waals surface area (Å²) < 4.78 is 0. The fraction of sp³-hybridized carbons (Fsp3) is 0.273. The predicted octanol–water partition coefficient (Wildman–Crippen LogP) is 0.511. The normalized spacial score (nSPS) is 14.1. The zero-order chi connectivity index (χ0) is 12.3. The van der Waals surface area contributed by atoms with E-state index in [2.05, 4.69) is 0 Å². The third-order valence-electron chi connectivity index (χ3n) is 2.48. The van der Waals surface area contributed by atoms with E-state index in [1.54, 1.807) is 12.1 Å². The Morgan fingerprint density at radius 3 is 2.50 bits per heavy atom. The van der Waals surface area contributed by atoms with E-state index in [0.717, 1.165) is 0 Å². The second-order valence-electron chi connectivity index (χ2n) is 3.85. The van der Waals surface area contributed by atoms with Gasteiger partial charge in [0.2, 0.25) is 5.91 Å². The summed E-state index contributed by atoms with van der Waals surface area (Å²) >= 11 is 0. The van der Waals surface area contributed by atoms with Gasteiger partial charge in [-0.05, 0) is 31.0 Å². The summed E-state index contributed by atoms with van der Waals surface area (Å²) in [7, 11) is 0. The van der Waals surface area contributed by atoms with Crippen molar-refractivity contribution < 1.29 is 19.8 Å². The molecule has 0 saturated heterocycles. The minimum absolute atomic E-state index is 0.0229. The van der Waals surface area contributed by atoms with Crippen LogP contribution in [0.5, 0.6) is 5.75 Å². The van der Waals surface area contributed by atoms with Gasteiger partial charge in [0.25, 0.3) is 0 Å². The van der Waals surface area contributed by atoms with Crippen molar-refractivity contribution in [2.24, 2.45) is 11.1 Å². The van der Waals surface area contributed by atoms with Crippen molar-refractivity contribution in [2.45, 2.75) is 13.3 Å². The Balaban J connectivity index is 3.02. The summed E-state index contributed by atoms with van der Waals surface area (Å²) in [6, 6.07) is 6.08. The fourth-order valence-corrected chi connectivity index (χ4v) is 1.34. The molecule has 0 bridgehead atoms. The fourth-order valence-electron chi connectivity index (χ4n) is 1.34. The van der Waals surface area contributed by atoms with E-state index in [4.69, 9.17) is 10.8 Å². The van der Waals surface area contributed by atoms with Crippen LogP contribution in [0.15, 0.2) is 24.3 Å². The maximum absolute atomic E-state index is 11.1. The maximum Gasteiger partial charge on any atom is 0.319 e. The molecule has 4 N–H and O–H groups in total. The zero-order valence-electron chi connectivity index (χ0n) is 8.80. The Hall–Kier alpha value is -2.04. The zero-order valence-corrected chi connectivity index (χ0v) is 8.80. The van der Waals surface area contributed by atoms with E-state index < -0.39 is 17.3 Å². The second kappa shape index (κ2) is 4.22. The van der Waals surface area contributed by atoms with Crippen molar-refractivity contribution in [3.63, 3.8) is 0 Å². The molecule has 0 fully saturated rings. The SMILES string of the molecule is CC(Cc1cccc(O)c1)(C(N)=O)C(=O)O. The first-order chi connectivity index (χ1) is 7.36. The molecule has 0 aliphatic rings. The summed E-state index contributed by atoms with van der Waals surface area (Å²) in [6.07, 6.45) is -0.0495. The van der Waals surface area contributed by atoms with Crippen LogP contribution in [0.2, 0.25) is 0 Å². The molecule has 1 aromatic rings. The molecule has 0 heterocycles. The number of carbonyl (C=O) groups is 2. The molecule has 0 aromatic heterocycles. The average molecular weight is 223 g/mol. The Morgan fingerprint density at radius 2 is 2.06 bits per heavy atom. The highest BCUT2D eigenvalue weighted by atomic mass is 16.4. The Bertz CT molecular complexity index is 414. The summed E-state index contributed by atoms with van der Waals surface area (Å²) in [4.78, 5) is 22.1. The first-order valence-corrected chi connectivity index (χ1v) is 4.67. The minimum Gasteiger partial charge on any atom is -0.508 e. The lowest BCUT2D eigenvalue weighted by Crippen LogP contribution is -2.43. The lowest BCUT2D eigenvalue weighted by atomic mass is 9.83. The molecule has 1 atom stereocenters. The quantitative estimate of drug-likeness (QED) is 0.647. The van der Waals surface area contributed by atoms with Crippen LogP contribution in [0.1, 0.15) is 12.5 Å². The summed E-state index contributed by atoms with van der Waals surface area (Å²) in [5.41, 5.74) is 3.96. The number of primary amides is 1. The van der Waals surface area contributed by atoms with Gasteiger partial charge in [-0.15, -0.1) is 0 Å². The Kier molecular flexibility index (Phi) is 3.17. The number of hydrogen-bond acceptors (Lipinski definition) is 3. The summed E-state index contributed by atoms with van der Waals surface area (Å²) in [5.74, 6) is -2.15. The number of phenols is 1. The van der Waals surface area contributed by atoms with Gasteiger partial charge in [-0.2, -0.15) is 0 Å². The number of carboxylic acids is 1. The van der Waals surface area contributed by atoms with Gasteiger partial charge in [0, 0.05) is 0 Å². The summed E-state index contributed by atoms with van der Waals surface area (Å²) in [6.45, 7) is 1.27. The monoisotopic (exact) mass is 223 g/mol. The van der Waals surface area contributed by atoms with Crippen LogP contribution >= 0.6 is 0 Å². The smallest absolute Gasteiger partial charge is 0.319 e. The molecular formula is C11H13NO4. The number of hydrogen-bond donors (Lipinski definition) is 3. The largest absolute Gasteiger partial charge is 0.508 e. The van der Waals surface area contributed by atoms with Gasteiger partial charge in [0.15, 0.2) is 0 Å². The number of carboxylic acid groups (broad SMARTS) is 1. The van der Waals surface area contributed by atoms with Gasteiger partial charge in [-0.3, -0.25) is 9.59 Å². The minimum atomic E-state index is -1.66. The molecule has 0 aliphatic carbocycles. The Labute approximate surface area is 92.5 Å². The van der Waals surface area contributed by atoms with E-state index in [1.807, 2.05) is 0 Å². The van der Waals surface area contributed by atoms with E-state index in [0.29, 0.717) is 5.56 Å². The number of aliphatic carboxylic acids is 1. The van der Waals surface area contributed by atoms with Crippen molar-refractivity contribution in [1.82, 2.24) is 0 Å². The van der Waals surface area contributed by atoms with Crippen LogP contribution in [0.4, 0.5) is 0 Å². The number of nitrogens with two attached hydrogens (primary N) is 1. The standard InChI is InChI=1S/C11H13NO4/c1-11(9(12)14,10(15)16)6-7-3-2-4-8(13)5-7/h2-5,13H,6H2,1H3,(H2,12,14)(H,15,16). The molecule has 0 radical (unpaired) electrons. The van der Waals surface area contributed by atoms with Crippen LogP contribution in [-0.2, 0) is 16.0 Å². The maximum atomic E-state index is 11.1. The number of aromatic hydroxyl groups is 1. The van der Waals surface area contributed by atoms with E-state index in [1.165, 1.54) is 19.1 Å². The van der Waals surface area contributed by atoms with Crippen molar-refractivity contribution in [3.8, 4) is 5.75 Å².